The van der Waals surface area contributed by atoms with Crippen LogP contribution in [-0.2, 0) is 17.7 Å². The van der Waals surface area contributed by atoms with Crippen LogP contribution >= 0.6 is 0 Å². The Balaban J connectivity index is 1.32. The number of rotatable bonds is 4. The van der Waals surface area contributed by atoms with Gasteiger partial charge in [-0.3, -0.25) is 0 Å². The molecule has 142 valence electrons. The lowest BCUT2D eigenvalue weighted by Gasteiger charge is -2.40. The average Bonchev–Trinajstić information content (AvgIpc) is 2.73. The topological polar surface area (TPSA) is 67.3 Å². The molecule has 28 heavy (non-hydrogen) atoms. The molecule has 7 heteroatoms. The van der Waals surface area contributed by atoms with Crippen LogP contribution in [0, 0.1) is 0 Å². The van der Waals surface area contributed by atoms with Crippen molar-refractivity contribution in [3.8, 4) is 11.6 Å². The van der Waals surface area contributed by atoms with Crippen LogP contribution in [0.2, 0.25) is 0 Å². The number of ether oxygens (including phenoxy) is 1. The molecule has 4 heterocycles. The van der Waals surface area contributed by atoms with Crippen LogP contribution < -0.4 is 9.80 Å². The fraction of sp³-hybridized carbons (Fsp3) is 0.333. The number of hydrogen-bond acceptors (Lipinski definition) is 7. The third-order valence-corrected chi connectivity index (χ3v) is 5.52. The van der Waals surface area contributed by atoms with E-state index in [1.807, 2.05) is 12.4 Å². The summed E-state index contributed by atoms with van der Waals surface area (Å²) >= 11 is 0. The molecule has 0 saturated carbocycles. The average molecular weight is 374 g/mol. The van der Waals surface area contributed by atoms with Crippen molar-refractivity contribution in [2.75, 3.05) is 36.5 Å². The van der Waals surface area contributed by atoms with Crippen molar-refractivity contribution in [2.45, 2.75) is 19.1 Å². The predicted molar refractivity (Wildman–Crippen MR) is 107 cm³/mol. The molecular formula is C21H22N6O. The third-order valence-electron chi connectivity index (χ3n) is 5.52. The minimum Gasteiger partial charge on any atom is -0.378 e. The molecule has 0 atom stereocenters. The molecule has 2 aliphatic rings. The second-order valence-corrected chi connectivity index (χ2v) is 7.22. The summed E-state index contributed by atoms with van der Waals surface area (Å²) in [7, 11) is 1.78. The molecule has 0 spiro atoms. The van der Waals surface area contributed by atoms with Gasteiger partial charge in [-0.15, -0.1) is 0 Å². The van der Waals surface area contributed by atoms with E-state index in [0.29, 0.717) is 17.8 Å². The van der Waals surface area contributed by atoms with Crippen molar-refractivity contribution >= 4 is 11.4 Å². The second kappa shape index (κ2) is 7.16. The molecule has 7 nitrogen and oxygen atoms in total. The quantitative estimate of drug-likeness (QED) is 0.694. The van der Waals surface area contributed by atoms with Gasteiger partial charge in [-0.2, -0.15) is 0 Å². The molecule has 5 rings (SSSR count). The summed E-state index contributed by atoms with van der Waals surface area (Å²) in [5.41, 5.74) is 5.11. The first kappa shape index (κ1) is 17.1. The van der Waals surface area contributed by atoms with Gasteiger partial charge in [-0.05, 0) is 35.7 Å². The van der Waals surface area contributed by atoms with Gasteiger partial charge in [0.05, 0.1) is 24.2 Å². The number of hydrogen-bond donors (Lipinski definition) is 0. The number of fused-ring (bicyclic) bond motifs is 1. The Kier molecular flexibility index (Phi) is 4.37. The second-order valence-electron chi connectivity index (χ2n) is 7.22. The number of nitrogens with zero attached hydrogens (tertiary/aromatic N) is 6. The lowest BCUT2D eigenvalue weighted by atomic mass is 9.97. The van der Waals surface area contributed by atoms with Crippen molar-refractivity contribution in [1.82, 2.24) is 19.9 Å². The number of aromatic nitrogens is 4. The molecule has 0 aliphatic carbocycles. The zero-order chi connectivity index (χ0) is 18.9. The van der Waals surface area contributed by atoms with Gasteiger partial charge in [-0.25, -0.2) is 19.9 Å². The first-order chi connectivity index (χ1) is 13.8. The highest BCUT2D eigenvalue weighted by atomic mass is 16.5. The van der Waals surface area contributed by atoms with Gasteiger partial charge in [-0.1, -0.05) is 6.07 Å². The highest BCUT2D eigenvalue weighted by Gasteiger charge is 2.27. The van der Waals surface area contributed by atoms with E-state index >= 15 is 0 Å². The van der Waals surface area contributed by atoms with E-state index in [4.69, 9.17) is 4.74 Å². The molecule has 0 amide bonds. The molecule has 1 fully saturated rings. The maximum atomic E-state index is 5.39. The van der Waals surface area contributed by atoms with E-state index in [1.54, 1.807) is 25.6 Å². The van der Waals surface area contributed by atoms with Crippen LogP contribution in [0.5, 0.6) is 0 Å². The Morgan fingerprint density at radius 2 is 1.64 bits per heavy atom. The monoisotopic (exact) mass is 374 g/mol. The standard InChI is InChI=1S/C21H22N6O/c1-28-19-13-27(14-19)17-4-3-15-5-8-26(12-16(15)9-17)18-10-24-21(25-11-18)20-22-6-2-7-23-20/h2-4,6-7,9-11,19H,5,8,12-14H2,1H3. The molecule has 1 aromatic carbocycles. The van der Waals surface area contributed by atoms with Crippen molar-refractivity contribution in [1.29, 1.82) is 0 Å². The Labute approximate surface area is 164 Å². The smallest absolute Gasteiger partial charge is 0.197 e. The maximum Gasteiger partial charge on any atom is 0.197 e. The van der Waals surface area contributed by atoms with E-state index in [0.717, 1.165) is 38.3 Å². The number of benzene rings is 1. The zero-order valence-electron chi connectivity index (χ0n) is 15.8. The summed E-state index contributed by atoms with van der Waals surface area (Å²) in [6.45, 7) is 3.77. The molecule has 0 radical (unpaired) electrons. The number of methoxy groups -OCH3 is 1. The summed E-state index contributed by atoms with van der Waals surface area (Å²) < 4.78 is 5.39. The van der Waals surface area contributed by atoms with E-state index in [2.05, 4.69) is 47.9 Å². The fourth-order valence-corrected chi connectivity index (χ4v) is 3.77. The maximum absolute atomic E-state index is 5.39. The summed E-state index contributed by atoms with van der Waals surface area (Å²) in [5.74, 6) is 1.10. The molecule has 0 unspecified atom stereocenters. The van der Waals surface area contributed by atoms with Crippen molar-refractivity contribution < 1.29 is 4.74 Å². The minimum absolute atomic E-state index is 0.358. The highest BCUT2D eigenvalue weighted by Crippen LogP contribution is 2.29. The van der Waals surface area contributed by atoms with Crippen LogP contribution in [0.4, 0.5) is 11.4 Å². The van der Waals surface area contributed by atoms with Gasteiger partial charge in [0.25, 0.3) is 0 Å². The largest absolute Gasteiger partial charge is 0.378 e. The van der Waals surface area contributed by atoms with Crippen LogP contribution in [0.3, 0.4) is 0 Å². The Hall–Kier alpha value is -3.06. The first-order valence-corrected chi connectivity index (χ1v) is 9.54. The lowest BCUT2D eigenvalue weighted by molar-refractivity contribution is 0.0787. The molecular weight excluding hydrogens is 352 g/mol. The predicted octanol–water partition coefficient (Wildman–Crippen LogP) is 2.33. The van der Waals surface area contributed by atoms with Crippen molar-refractivity contribution in [2.24, 2.45) is 0 Å². The van der Waals surface area contributed by atoms with Crippen LogP contribution in [-0.4, -0.2) is 52.8 Å². The van der Waals surface area contributed by atoms with Gasteiger partial charge < -0.3 is 14.5 Å². The minimum atomic E-state index is 0.358. The van der Waals surface area contributed by atoms with Crippen molar-refractivity contribution in [3.63, 3.8) is 0 Å². The molecule has 0 N–H and O–H groups in total. The molecule has 0 bridgehead atoms. The molecule has 1 saturated heterocycles. The summed E-state index contributed by atoms with van der Waals surface area (Å²) in [5, 5.41) is 0. The van der Waals surface area contributed by atoms with E-state index in [9.17, 15) is 0 Å². The van der Waals surface area contributed by atoms with E-state index in [1.165, 1.54) is 16.8 Å². The highest BCUT2D eigenvalue weighted by molar-refractivity contribution is 5.56. The van der Waals surface area contributed by atoms with Gasteiger partial charge in [0.2, 0.25) is 0 Å². The Morgan fingerprint density at radius 1 is 0.893 bits per heavy atom. The van der Waals surface area contributed by atoms with Gasteiger partial charge in [0.15, 0.2) is 11.6 Å². The summed E-state index contributed by atoms with van der Waals surface area (Å²) in [6.07, 6.45) is 8.52. The summed E-state index contributed by atoms with van der Waals surface area (Å²) in [4.78, 5) is 22.0. The molecule has 2 aliphatic heterocycles. The van der Waals surface area contributed by atoms with E-state index in [-0.39, 0.29) is 0 Å². The van der Waals surface area contributed by atoms with Crippen molar-refractivity contribution in [3.05, 3.63) is 60.2 Å². The zero-order valence-corrected chi connectivity index (χ0v) is 15.8. The Morgan fingerprint density at radius 3 is 2.39 bits per heavy atom. The van der Waals surface area contributed by atoms with Gasteiger partial charge in [0, 0.05) is 51.4 Å². The summed E-state index contributed by atoms with van der Waals surface area (Å²) in [6, 6.07) is 8.61. The van der Waals surface area contributed by atoms with Gasteiger partial charge in [0.1, 0.15) is 0 Å². The van der Waals surface area contributed by atoms with Crippen LogP contribution in [0.1, 0.15) is 11.1 Å². The number of anilines is 2. The fourth-order valence-electron chi connectivity index (χ4n) is 3.77. The SMILES string of the molecule is COC1CN(c2ccc3c(c2)CN(c2cnc(-c4ncccn4)nc2)CC3)C1. The van der Waals surface area contributed by atoms with Gasteiger partial charge >= 0.3 is 0 Å². The third kappa shape index (κ3) is 3.18. The molecule has 3 aromatic rings. The van der Waals surface area contributed by atoms with Crippen LogP contribution in [0.15, 0.2) is 49.1 Å². The molecule has 2 aromatic heterocycles. The van der Waals surface area contributed by atoms with E-state index < -0.39 is 0 Å². The Bertz CT molecular complexity index is 956. The first-order valence-electron chi connectivity index (χ1n) is 9.54. The normalized spacial score (nSPS) is 16.6. The lowest BCUT2D eigenvalue weighted by Crippen LogP contribution is -2.52. The van der Waals surface area contributed by atoms with Crippen LogP contribution in [0.25, 0.3) is 11.6 Å².